The minimum Gasteiger partial charge on any atom is -0.484 e. The number of ether oxygens (including phenoxy) is 2. The van der Waals surface area contributed by atoms with Gasteiger partial charge in [0.2, 0.25) is 0 Å². The number of nitrogens with zero attached hydrogens (tertiary/aromatic N) is 1. The number of hydrogen-bond acceptors (Lipinski definition) is 6. The van der Waals surface area contributed by atoms with Gasteiger partial charge in [0.1, 0.15) is 11.4 Å². The smallest absolute Gasteiger partial charge is 0.328 e. The highest BCUT2D eigenvalue weighted by Gasteiger charge is 2.32. The molecule has 0 spiro atoms. The molecule has 0 bridgehead atoms. The molecule has 0 unspecified atom stereocenters. The first-order valence-electron chi connectivity index (χ1n) is 9.65. The fourth-order valence-electron chi connectivity index (χ4n) is 3.44. The molecule has 8 nitrogen and oxygen atoms in total. The number of aliphatic carboxylic acids is 2. The molecule has 2 aliphatic rings. The van der Waals surface area contributed by atoms with Gasteiger partial charge in [-0.3, -0.25) is 0 Å². The third-order valence-electron chi connectivity index (χ3n) is 4.66. The number of anilines is 1. The van der Waals surface area contributed by atoms with Crippen LogP contribution in [0.3, 0.4) is 0 Å². The van der Waals surface area contributed by atoms with E-state index in [2.05, 4.69) is 36.2 Å². The zero-order valence-electron chi connectivity index (χ0n) is 17.2. The van der Waals surface area contributed by atoms with Gasteiger partial charge in [0.05, 0.1) is 18.8 Å². The van der Waals surface area contributed by atoms with E-state index < -0.39 is 11.9 Å². The van der Waals surface area contributed by atoms with Gasteiger partial charge in [-0.05, 0) is 63.0 Å². The van der Waals surface area contributed by atoms with Crippen molar-refractivity contribution >= 4 is 17.6 Å². The van der Waals surface area contributed by atoms with Gasteiger partial charge in [-0.25, -0.2) is 9.59 Å². The molecule has 0 saturated heterocycles. The maximum atomic E-state index is 9.55. The lowest BCUT2D eigenvalue weighted by Gasteiger charge is -2.41. The van der Waals surface area contributed by atoms with Crippen LogP contribution in [0.25, 0.3) is 0 Å². The maximum Gasteiger partial charge on any atom is 0.328 e. The molecule has 0 atom stereocenters. The highest BCUT2D eigenvalue weighted by atomic mass is 16.5. The topological polar surface area (TPSA) is 108 Å². The van der Waals surface area contributed by atoms with Crippen molar-refractivity contribution in [3.8, 4) is 5.75 Å². The first kappa shape index (κ1) is 22.7. The molecule has 0 amide bonds. The zero-order chi connectivity index (χ0) is 21.4. The Kier molecular flexibility index (Phi) is 8.04. The van der Waals surface area contributed by atoms with E-state index in [4.69, 9.17) is 19.7 Å². The van der Waals surface area contributed by atoms with Crippen molar-refractivity contribution in [1.82, 2.24) is 5.32 Å². The Labute approximate surface area is 171 Å². The lowest BCUT2D eigenvalue weighted by Crippen LogP contribution is -2.48. The first-order chi connectivity index (χ1) is 13.7. The van der Waals surface area contributed by atoms with E-state index in [1.807, 2.05) is 0 Å². The Morgan fingerprint density at radius 3 is 2.31 bits per heavy atom. The molecule has 160 valence electrons. The summed E-state index contributed by atoms with van der Waals surface area (Å²) >= 11 is 0. The van der Waals surface area contributed by atoms with Crippen molar-refractivity contribution in [2.45, 2.75) is 32.3 Å². The molecule has 2 aliphatic heterocycles. The molecule has 8 heteroatoms. The highest BCUT2D eigenvalue weighted by Crippen LogP contribution is 2.39. The predicted octanol–water partition coefficient (Wildman–Crippen LogP) is 1.71. The summed E-state index contributed by atoms with van der Waals surface area (Å²) in [4.78, 5) is 21.5. The zero-order valence-corrected chi connectivity index (χ0v) is 17.2. The number of rotatable bonds is 5. The second-order valence-electron chi connectivity index (χ2n) is 7.62. The standard InChI is InChI=1S/C17H26N2O2.C4H4O4/c1-17(2)12-19(8-9-20-3)15-10-13-4-6-18-7-5-14(13)11-16(15)21-17;5-3(6)1-2-4(7)8/h10-11,18H,4-9,12H2,1-3H3;1-2H,(H,5,6)(H,7,8)/b;2-1+. The summed E-state index contributed by atoms with van der Waals surface area (Å²) in [5.41, 5.74) is 3.97. The normalized spacial score (nSPS) is 17.3. The van der Waals surface area contributed by atoms with Gasteiger partial charge in [0.25, 0.3) is 0 Å². The van der Waals surface area contributed by atoms with Gasteiger partial charge >= 0.3 is 11.9 Å². The summed E-state index contributed by atoms with van der Waals surface area (Å²) in [6.07, 6.45) is 3.30. The van der Waals surface area contributed by atoms with Gasteiger partial charge in [0, 0.05) is 25.8 Å². The van der Waals surface area contributed by atoms with Crippen molar-refractivity contribution < 1.29 is 29.3 Å². The second-order valence-corrected chi connectivity index (χ2v) is 7.62. The number of benzene rings is 1. The average Bonchev–Trinajstić information content (AvgIpc) is 2.87. The molecule has 1 aromatic rings. The molecule has 0 radical (unpaired) electrons. The van der Waals surface area contributed by atoms with E-state index in [1.165, 1.54) is 16.8 Å². The summed E-state index contributed by atoms with van der Waals surface area (Å²) in [6, 6.07) is 4.60. The van der Waals surface area contributed by atoms with Crippen LogP contribution in [-0.2, 0) is 27.2 Å². The molecule has 2 heterocycles. The van der Waals surface area contributed by atoms with Crippen LogP contribution in [-0.4, -0.2) is 67.6 Å². The summed E-state index contributed by atoms with van der Waals surface area (Å²) in [7, 11) is 1.76. The van der Waals surface area contributed by atoms with Crippen LogP contribution >= 0.6 is 0 Å². The third kappa shape index (κ3) is 7.07. The predicted molar refractivity (Wildman–Crippen MR) is 110 cm³/mol. The Morgan fingerprint density at radius 1 is 1.17 bits per heavy atom. The van der Waals surface area contributed by atoms with Gasteiger partial charge in [-0.2, -0.15) is 0 Å². The summed E-state index contributed by atoms with van der Waals surface area (Å²) in [5.74, 6) is -1.48. The van der Waals surface area contributed by atoms with Crippen molar-refractivity contribution in [1.29, 1.82) is 0 Å². The van der Waals surface area contributed by atoms with E-state index in [0.717, 1.165) is 51.4 Å². The fraction of sp³-hybridized carbons (Fsp3) is 0.524. The van der Waals surface area contributed by atoms with Gasteiger partial charge in [0.15, 0.2) is 0 Å². The van der Waals surface area contributed by atoms with E-state index >= 15 is 0 Å². The maximum absolute atomic E-state index is 9.55. The second kappa shape index (κ2) is 10.3. The average molecular weight is 406 g/mol. The van der Waals surface area contributed by atoms with Crippen LogP contribution < -0.4 is 15.0 Å². The monoisotopic (exact) mass is 406 g/mol. The van der Waals surface area contributed by atoms with Gasteiger partial charge in [-0.15, -0.1) is 0 Å². The molecule has 0 saturated carbocycles. The number of hydrogen-bond donors (Lipinski definition) is 3. The number of carboxylic acid groups (broad SMARTS) is 2. The molecule has 3 rings (SSSR count). The molecule has 29 heavy (non-hydrogen) atoms. The van der Waals surface area contributed by atoms with Gasteiger partial charge in [-0.1, -0.05) is 0 Å². The first-order valence-corrected chi connectivity index (χ1v) is 9.65. The number of carboxylic acids is 2. The third-order valence-corrected chi connectivity index (χ3v) is 4.66. The lowest BCUT2D eigenvalue weighted by molar-refractivity contribution is -0.134. The molecule has 0 aromatic heterocycles. The number of nitrogens with one attached hydrogen (secondary N) is 1. The van der Waals surface area contributed by atoms with E-state index in [1.54, 1.807) is 7.11 Å². The summed E-state index contributed by atoms with van der Waals surface area (Å²) < 4.78 is 11.5. The molecule has 0 fully saturated rings. The van der Waals surface area contributed by atoms with Crippen LogP contribution in [0.15, 0.2) is 24.3 Å². The minimum atomic E-state index is -1.26. The molecular formula is C21H30N2O6. The van der Waals surface area contributed by atoms with Crippen LogP contribution in [0.4, 0.5) is 5.69 Å². The van der Waals surface area contributed by atoms with E-state index in [9.17, 15) is 9.59 Å². The Bertz CT molecular complexity index is 744. The largest absolute Gasteiger partial charge is 0.484 e. The van der Waals surface area contributed by atoms with Crippen LogP contribution in [0.2, 0.25) is 0 Å². The van der Waals surface area contributed by atoms with Crippen LogP contribution in [0.1, 0.15) is 25.0 Å². The van der Waals surface area contributed by atoms with Crippen molar-refractivity contribution in [3.63, 3.8) is 0 Å². The molecular weight excluding hydrogens is 376 g/mol. The SMILES string of the molecule is COCCN1CC(C)(C)Oc2cc3c(cc21)CCNCC3.O=C(O)/C=C/C(=O)O. The number of methoxy groups -OCH3 is 1. The Hall–Kier alpha value is -2.58. The highest BCUT2D eigenvalue weighted by molar-refractivity contribution is 5.89. The van der Waals surface area contributed by atoms with Crippen molar-refractivity contribution in [3.05, 3.63) is 35.4 Å². The van der Waals surface area contributed by atoms with E-state index in [0.29, 0.717) is 12.2 Å². The molecule has 1 aromatic carbocycles. The molecule has 3 N–H and O–H groups in total. The Morgan fingerprint density at radius 2 is 1.76 bits per heavy atom. The molecule has 0 aliphatic carbocycles. The number of carbonyl (C=O) groups is 2. The fourth-order valence-corrected chi connectivity index (χ4v) is 3.44. The van der Waals surface area contributed by atoms with Crippen molar-refractivity contribution in [2.24, 2.45) is 0 Å². The Balaban J connectivity index is 0.000000321. The van der Waals surface area contributed by atoms with Crippen LogP contribution in [0, 0.1) is 0 Å². The van der Waals surface area contributed by atoms with Crippen LogP contribution in [0.5, 0.6) is 5.75 Å². The lowest BCUT2D eigenvalue weighted by atomic mass is 9.98. The quantitative estimate of drug-likeness (QED) is 0.634. The van der Waals surface area contributed by atoms with Gasteiger partial charge < -0.3 is 29.9 Å². The van der Waals surface area contributed by atoms with E-state index in [-0.39, 0.29) is 5.60 Å². The van der Waals surface area contributed by atoms with Crippen molar-refractivity contribution in [2.75, 3.05) is 44.8 Å². The number of fused-ring (bicyclic) bond motifs is 2. The summed E-state index contributed by atoms with van der Waals surface area (Å²) in [5, 5.41) is 19.1. The summed E-state index contributed by atoms with van der Waals surface area (Å²) in [6.45, 7) is 8.99. The minimum absolute atomic E-state index is 0.155.